The molecule has 22 heavy (non-hydrogen) atoms. The molecule has 4 heteroatoms. The van der Waals surface area contributed by atoms with Gasteiger partial charge in [-0.05, 0) is 24.3 Å². The Morgan fingerprint density at radius 3 is 1.41 bits per heavy atom. The number of hydrogen-bond acceptors (Lipinski definition) is 4. The molecule has 0 bridgehead atoms. The molecule has 2 aromatic carbocycles. The predicted molar refractivity (Wildman–Crippen MR) is 93.1 cm³/mol. The molecule has 116 valence electrons. The summed E-state index contributed by atoms with van der Waals surface area (Å²) in [7, 11) is 0. The van der Waals surface area contributed by atoms with Crippen molar-refractivity contribution in [2.45, 2.75) is 0 Å². The van der Waals surface area contributed by atoms with E-state index in [-0.39, 0.29) is 0 Å². The molecule has 4 N–H and O–H groups in total. The minimum Gasteiger partial charge on any atom is -0.487 e. The fourth-order valence-electron chi connectivity index (χ4n) is 1.52. The van der Waals surface area contributed by atoms with Crippen LogP contribution in [0, 0.1) is 0 Å². The van der Waals surface area contributed by atoms with Crippen LogP contribution in [0.2, 0.25) is 0 Å². The second-order valence-electron chi connectivity index (χ2n) is 4.28. The molecule has 2 rings (SSSR count). The van der Waals surface area contributed by atoms with Gasteiger partial charge in [-0.3, -0.25) is 0 Å². The van der Waals surface area contributed by atoms with Crippen LogP contribution in [0.5, 0.6) is 11.5 Å². The van der Waals surface area contributed by atoms with Crippen LogP contribution in [0.1, 0.15) is 0 Å². The minimum absolute atomic E-state index is 0.494. The van der Waals surface area contributed by atoms with Gasteiger partial charge in [0, 0.05) is 0 Å². The van der Waals surface area contributed by atoms with Crippen molar-refractivity contribution in [3.05, 3.63) is 73.8 Å². The lowest BCUT2D eigenvalue weighted by Crippen LogP contribution is -1.96. The Hall–Kier alpha value is -2.88. The molecule has 0 aliphatic rings. The molecule has 0 amide bonds. The Balaban J connectivity index is 0.000000220. The summed E-state index contributed by atoms with van der Waals surface area (Å²) in [5.74, 6) is 1.43. The molecule has 0 saturated heterocycles. The number of anilines is 2. The lowest BCUT2D eigenvalue weighted by molar-refractivity contribution is 0.365. The van der Waals surface area contributed by atoms with E-state index in [1.807, 2.05) is 36.4 Å². The van der Waals surface area contributed by atoms with Gasteiger partial charge in [0.2, 0.25) is 0 Å². The molecule has 0 radical (unpaired) electrons. The molecular formula is C18H22N2O2. The zero-order chi connectivity index (χ0) is 16.2. The third kappa shape index (κ3) is 6.05. The van der Waals surface area contributed by atoms with Gasteiger partial charge in [-0.25, -0.2) is 0 Å². The Kier molecular flexibility index (Phi) is 7.76. The molecule has 0 aliphatic carbocycles. The number of hydrogen-bond donors (Lipinski definition) is 2. The fourth-order valence-corrected chi connectivity index (χ4v) is 1.52. The standard InChI is InChI=1S/2C9H11NO/c2*1-2-7-11-9-6-4-3-5-8(9)10/h2*2-6H,1,7,10H2. The van der Waals surface area contributed by atoms with Crippen molar-refractivity contribution in [3.8, 4) is 11.5 Å². The molecule has 0 atom stereocenters. The molecular weight excluding hydrogens is 276 g/mol. The van der Waals surface area contributed by atoms with E-state index < -0.39 is 0 Å². The first kappa shape index (κ1) is 17.2. The highest BCUT2D eigenvalue weighted by Gasteiger charge is 1.95. The lowest BCUT2D eigenvalue weighted by Gasteiger charge is -2.04. The Labute approximate surface area is 131 Å². The van der Waals surface area contributed by atoms with Crippen molar-refractivity contribution in [2.24, 2.45) is 0 Å². The van der Waals surface area contributed by atoms with Crippen LogP contribution in [0.3, 0.4) is 0 Å². The monoisotopic (exact) mass is 298 g/mol. The largest absolute Gasteiger partial charge is 0.487 e. The quantitative estimate of drug-likeness (QED) is 0.630. The van der Waals surface area contributed by atoms with Crippen molar-refractivity contribution < 1.29 is 9.47 Å². The van der Waals surface area contributed by atoms with Crippen LogP contribution < -0.4 is 20.9 Å². The average Bonchev–Trinajstić information content (AvgIpc) is 2.54. The normalized spacial score (nSPS) is 9.09. The summed E-state index contributed by atoms with van der Waals surface area (Å²) in [5.41, 5.74) is 12.5. The van der Waals surface area contributed by atoms with Gasteiger partial charge in [0.15, 0.2) is 0 Å². The molecule has 0 spiro atoms. The van der Waals surface area contributed by atoms with E-state index in [1.165, 1.54) is 0 Å². The summed E-state index contributed by atoms with van der Waals surface area (Å²) in [6, 6.07) is 14.8. The predicted octanol–water partition coefficient (Wildman–Crippen LogP) is 3.67. The lowest BCUT2D eigenvalue weighted by atomic mass is 10.3. The maximum atomic E-state index is 5.60. The summed E-state index contributed by atoms with van der Waals surface area (Å²) < 4.78 is 10.5. The summed E-state index contributed by atoms with van der Waals surface area (Å²) in [6.07, 6.45) is 3.37. The van der Waals surface area contributed by atoms with Gasteiger partial charge in [0.25, 0.3) is 0 Å². The van der Waals surface area contributed by atoms with Crippen molar-refractivity contribution in [1.29, 1.82) is 0 Å². The van der Waals surface area contributed by atoms with Gasteiger partial charge in [-0.15, -0.1) is 0 Å². The van der Waals surface area contributed by atoms with Gasteiger partial charge >= 0.3 is 0 Å². The first-order valence-corrected chi connectivity index (χ1v) is 6.85. The van der Waals surface area contributed by atoms with Crippen molar-refractivity contribution in [1.82, 2.24) is 0 Å². The summed E-state index contributed by atoms with van der Waals surface area (Å²) in [4.78, 5) is 0. The van der Waals surface area contributed by atoms with Crippen LogP contribution in [0.25, 0.3) is 0 Å². The van der Waals surface area contributed by atoms with Crippen molar-refractivity contribution in [2.75, 3.05) is 24.7 Å². The second-order valence-corrected chi connectivity index (χ2v) is 4.28. The third-order valence-electron chi connectivity index (χ3n) is 2.55. The molecule has 0 heterocycles. The van der Waals surface area contributed by atoms with Crippen LogP contribution in [-0.2, 0) is 0 Å². The van der Waals surface area contributed by atoms with Crippen LogP contribution in [0.15, 0.2) is 73.8 Å². The van der Waals surface area contributed by atoms with E-state index in [1.54, 1.807) is 24.3 Å². The molecule has 0 unspecified atom stereocenters. The first-order chi connectivity index (χ1) is 10.7. The Bertz CT molecular complexity index is 544. The van der Waals surface area contributed by atoms with Crippen molar-refractivity contribution >= 4 is 11.4 Å². The van der Waals surface area contributed by atoms with Crippen LogP contribution >= 0.6 is 0 Å². The van der Waals surface area contributed by atoms with Gasteiger partial charge in [-0.1, -0.05) is 49.6 Å². The molecule has 0 saturated carbocycles. The van der Waals surface area contributed by atoms with Crippen LogP contribution in [-0.4, -0.2) is 13.2 Å². The number of benzene rings is 2. The van der Waals surface area contributed by atoms with Crippen molar-refractivity contribution in [3.63, 3.8) is 0 Å². The third-order valence-corrected chi connectivity index (χ3v) is 2.55. The maximum absolute atomic E-state index is 5.60. The number of nitrogen functional groups attached to an aromatic ring is 2. The molecule has 0 aromatic heterocycles. The van der Waals surface area contributed by atoms with E-state index in [2.05, 4.69) is 13.2 Å². The zero-order valence-corrected chi connectivity index (χ0v) is 12.6. The average molecular weight is 298 g/mol. The van der Waals surface area contributed by atoms with Gasteiger partial charge < -0.3 is 20.9 Å². The molecule has 2 aromatic rings. The highest BCUT2D eigenvalue weighted by atomic mass is 16.5. The summed E-state index contributed by atoms with van der Waals surface area (Å²) in [5, 5.41) is 0. The molecule has 0 fully saturated rings. The SMILES string of the molecule is C=CCOc1ccccc1N.C=CCOc1ccccc1N. The number of ether oxygens (including phenoxy) is 2. The minimum atomic E-state index is 0.494. The summed E-state index contributed by atoms with van der Waals surface area (Å²) >= 11 is 0. The highest BCUT2D eigenvalue weighted by molar-refractivity contribution is 5.52. The maximum Gasteiger partial charge on any atom is 0.142 e. The first-order valence-electron chi connectivity index (χ1n) is 6.85. The number of nitrogens with two attached hydrogens (primary N) is 2. The molecule has 0 aliphatic heterocycles. The number of para-hydroxylation sites is 4. The second kappa shape index (κ2) is 9.94. The van der Waals surface area contributed by atoms with E-state index in [9.17, 15) is 0 Å². The number of rotatable bonds is 6. The van der Waals surface area contributed by atoms with Crippen LogP contribution in [0.4, 0.5) is 11.4 Å². The van der Waals surface area contributed by atoms with Gasteiger partial charge in [0.05, 0.1) is 11.4 Å². The van der Waals surface area contributed by atoms with E-state index >= 15 is 0 Å². The van der Waals surface area contributed by atoms with Gasteiger partial charge in [0.1, 0.15) is 24.7 Å². The smallest absolute Gasteiger partial charge is 0.142 e. The summed E-state index contributed by atoms with van der Waals surface area (Å²) in [6.45, 7) is 8.07. The fraction of sp³-hybridized carbons (Fsp3) is 0.111. The zero-order valence-electron chi connectivity index (χ0n) is 12.6. The topological polar surface area (TPSA) is 70.5 Å². The Morgan fingerprint density at radius 2 is 1.09 bits per heavy atom. The highest BCUT2D eigenvalue weighted by Crippen LogP contribution is 2.19. The van der Waals surface area contributed by atoms with E-state index in [4.69, 9.17) is 20.9 Å². The van der Waals surface area contributed by atoms with E-state index in [0.29, 0.717) is 36.1 Å². The molecule has 4 nitrogen and oxygen atoms in total. The van der Waals surface area contributed by atoms with E-state index in [0.717, 1.165) is 0 Å². The van der Waals surface area contributed by atoms with Gasteiger partial charge in [-0.2, -0.15) is 0 Å². The Morgan fingerprint density at radius 1 is 0.727 bits per heavy atom.